The van der Waals surface area contributed by atoms with Crippen LogP contribution in [0.3, 0.4) is 0 Å². The molecule has 0 aliphatic heterocycles. The Bertz CT molecular complexity index is 750. The van der Waals surface area contributed by atoms with E-state index in [0.29, 0.717) is 5.56 Å². The highest BCUT2D eigenvalue weighted by molar-refractivity contribution is 9.10. The number of halogens is 1. The number of hydrogen-bond donors (Lipinski definition) is 0. The van der Waals surface area contributed by atoms with Gasteiger partial charge in [-0.2, -0.15) is 4.99 Å². The summed E-state index contributed by atoms with van der Waals surface area (Å²) in [5.41, 5.74) is 1.79. The van der Waals surface area contributed by atoms with Gasteiger partial charge in [-0.3, -0.25) is 4.79 Å². The minimum Gasteiger partial charge on any atom is -0.324 e. The number of carbonyl (C=O) groups is 1. The molecule has 2 rings (SSSR count). The van der Waals surface area contributed by atoms with Gasteiger partial charge < -0.3 is 4.57 Å². The van der Waals surface area contributed by atoms with Crippen LogP contribution in [0, 0.1) is 6.92 Å². The van der Waals surface area contributed by atoms with Crippen LogP contribution in [0.25, 0.3) is 0 Å². The molecular weight excluding hydrogens is 348 g/mol. The van der Waals surface area contributed by atoms with Gasteiger partial charge in [0.1, 0.15) is 0 Å². The van der Waals surface area contributed by atoms with E-state index < -0.39 is 0 Å². The maximum absolute atomic E-state index is 12.4. The highest BCUT2D eigenvalue weighted by Gasteiger charge is 2.21. The number of nitrogens with zero attached hydrogens (tertiary/aromatic N) is 2. The van der Waals surface area contributed by atoms with Crippen LogP contribution in [0.1, 0.15) is 41.7 Å². The van der Waals surface area contributed by atoms with Gasteiger partial charge in [0.25, 0.3) is 5.91 Å². The monoisotopic (exact) mass is 366 g/mol. The predicted molar refractivity (Wildman–Crippen MR) is 90.8 cm³/mol. The second kappa shape index (κ2) is 5.89. The highest BCUT2D eigenvalue weighted by atomic mass is 79.9. The zero-order valence-corrected chi connectivity index (χ0v) is 15.3. The summed E-state index contributed by atoms with van der Waals surface area (Å²) in [5, 5.41) is 0. The van der Waals surface area contributed by atoms with Crippen molar-refractivity contribution < 1.29 is 4.79 Å². The van der Waals surface area contributed by atoms with Crippen LogP contribution in [0.5, 0.6) is 0 Å². The van der Waals surface area contributed by atoms with Crippen molar-refractivity contribution in [2.75, 3.05) is 0 Å². The van der Waals surface area contributed by atoms with Gasteiger partial charge in [-0.25, -0.2) is 0 Å². The van der Waals surface area contributed by atoms with Crippen molar-refractivity contribution in [1.29, 1.82) is 0 Å². The number of benzene rings is 1. The lowest BCUT2D eigenvalue weighted by Gasteiger charge is -2.17. The first-order chi connectivity index (χ1) is 9.71. The topological polar surface area (TPSA) is 34.4 Å². The lowest BCUT2D eigenvalue weighted by Crippen LogP contribution is -2.15. The number of thiazole rings is 1. The summed E-state index contributed by atoms with van der Waals surface area (Å²) in [5.74, 6) is -0.222. The van der Waals surface area contributed by atoms with E-state index in [1.807, 2.05) is 29.8 Å². The average Bonchev–Trinajstić information content (AvgIpc) is 2.67. The maximum atomic E-state index is 12.4. The average molecular weight is 367 g/mol. The third-order valence-electron chi connectivity index (χ3n) is 3.29. The van der Waals surface area contributed by atoms with E-state index in [1.54, 1.807) is 17.4 Å². The zero-order chi connectivity index (χ0) is 15.8. The van der Waals surface area contributed by atoms with Gasteiger partial charge in [-0.1, -0.05) is 32.9 Å². The first-order valence-electron chi connectivity index (χ1n) is 6.72. The summed E-state index contributed by atoms with van der Waals surface area (Å²) in [6, 6.07) is 7.35. The maximum Gasteiger partial charge on any atom is 0.280 e. The molecular formula is C16H19BrN2OS. The molecule has 0 bridgehead atoms. The molecule has 1 heterocycles. The zero-order valence-electron chi connectivity index (χ0n) is 12.9. The standard InChI is InChI=1S/C16H19BrN2OS/c1-10-13(16(2,3)4)21-15(19(10)5)18-14(20)11-8-6-7-9-12(11)17/h6-9H,1-5H3. The summed E-state index contributed by atoms with van der Waals surface area (Å²) < 4.78 is 2.76. The molecule has 0 unspecified atom stereocenters. The normalized spacial score (nSPS) is 12.8. The van der Waals surface area contributed by atoms with Gasteiger partial charge in [0.2, 0.25) is 0 Å². The third-order valence-corrected chi connectivity index (χ3v) is 5.65. The molecule has 0 radical (unpaired) electrons. The molecule has 1 aromatic heterocycles. The number of rotatable bonds is 1. The van der Waals surface area contributed by atoms with Gasteiger partial charge >= 0.3 is 0 Å². The summed E-state index contributed by atoms with van der Waals surface area (Å²) in [6.45, 7) is 8.58. The Morgan fingerprint density at radius 1 is 1.29 bits per heavy atom. The van der Waals surface area contributed by atoms with Crippen molar-refractivity contribution in [3.8, 4) is 0 Å². The van der Waals surface area contributed by atoms with Crippen LogP contribution in [0.4, 0.5) is 0 Å². The minimum absolute atomic E-state index is 0.0522. The van der Waals surface area contributed by atoms with Gasteiger partial charge in [0, 0.05) is 22.1 Å². The fraction of sp³-hybridized carbons (Fsp3) is 0.375. The molecule has 3 nitrogen and oxygen atoms in total. The smallest absolute Gasteiger partial charge is 0.280 e. The van der Waals surface area contributed by atoms with E-state index in [0.717, 1.165) is 15.0 Å². The van der Waals surface area contributed by atoms with Gasteiger partial charge in [-0.05, 0) is 40.4 Å². The Labute approximate surface area is 137 Å². The second-order valence-electron chi connectivity index (χ2n) is 6.00. The summed E-state index contributed by atoms with van der Waals surface area (Å²) >= 11 is 4.98. The van der Waals surface area contributed by atoms with Crippen LogP contribution >= 0.6 is 27.3 Å². The second-order valence-corrected chi connectivity index (χ2v) is 7.84. The molecule has 0 saturated carbocycles. The van der Waals surface area contributed by atoms with Crippen molar-refractivity contribution in [1.82, 2.24) is 4.57 Å². The molecule has 0 N–H and O–H groups in total. The van der Waals surface area contributed by atoms with E-state index in [2.05, 4.69) is 48.6 Å². The first-order valence-corrected chi connectivity index (χ1v) is 8.33. The van der Waals surface area contributed by atoms with E-state index in [9.17, 15) is 4.79 Å². The van der Waals surface area contributed by atoms with E-state index in [4.69, 9.17) is 0 Å². The van der Waals surface area contributed by atoms with Gasteiger partial charge in [0.15, 0.2) is 4.80 Å². The molecule has 0 spiro atoms. The largest absolute Gasteiger partial charge is 0.324 e. The molecule has 0 atom stereocenters. The van der Waals surface area contributed by atoms with E-state index in [-0.39, 0.29) is 11.3 Å². The van der Waals surface area contributed by atoms with Crippen molar-refractivity contribution >= 4 is 33.2 Å². The van der Waals surface area contributed by atoms with Crippen LogP contribution in [0.15, 0.2) is 33.7 Å². The SMILES string of the molecule is Cc1c(C(C)(C)C)sc(=NC(=O)c2ccccc2Br)n1C. The molecule has 0 aliphatic carbocycles. The number of carbonyl (C=O) groups excluding carboxylic acids is 1. The van der Waals surface area contributed by atoms with Crippen LogP contribution in [-0.2, 0) is 12.5 Å². The van der Waals surface area contributed by atoms with Crippen molar-refractivity contribution in [2.45, 2.75) is 33.1 Å². The Kier molecular flexibility index (Phi) is 4.54. The molecule has 1 amide bonds. The quantitative estimate of drug-likeness (QED) is 0.744. The van der Waals surface area contributed by atoms with Gasteiger partial charge in [0.05, 0.1) is 5.56 Å². The number of amides is 1. The predicted octanol–water partition coefficient (Wildman–Crippen LogP) is 4.20. The van der Waals surface area contributed by atoms with Crippen LogP contribution in [-0.4, -0.2) is 10.5 Å². The Hall–Kier alpha value is -1.20. The van der Waals surface area contributed by atoms with Crippen molar-refractivity contribution in [2.24, 2.45) is 12.0 Å². The fourth-order valence-electron chi connectivity index (χ4n) is 2.10. The highest BCUT2D eigenvalue weighted by Crippen LogP contribution is 2.27. The van der Waals surface area contributed by atoms with Crippen LogP contribution < -0.4 is 4.80 Å². The molecule has 112 valence electrons. The Balaban J connectivity index is 2.53. The third kappa shape index (κ3) is 3.35. The molecule has 21 heavy (non-hydrogen) atoms. The lowest BCUT2D eigenvalue weighted by atomic mass is 9.93. The fourth-order valence-corrected chi connectivity index (χ4v) is 3.73. The van der Waals surface area contributed by atoms with Crippen LogP contribution in [0.2, 0.25) is 0 Å². The van der Waals surface area contributed by atoms with Gasteiger partial charge in [-0.15, -0.1) is 11.3 Å². The van der Waals surface area contributed by atoms with E-state index >= 15 is 0 Å². The summed E-state index contributed by atoms with van der Waals surface area (Å²) in [4.78, 5) is 18.6. The summed E-state index contributed by atoms with van der Waals surface area (Å²) in [7, 11) is 1.95. The molecule has 0 saturated heterocycles. The first kappa shape index (κ1) is 16.2. The van der Waals surface area contributed by atoms with E-state index in [1.165, 1.54) is 4.88 Å². The van der Waals surface area contributed by atoms with Crippen molar-refractivity contribution in [3.05, 3.63) is 49.7 Å². The number of aromatic nitrogens is 1. The molecule has 2 aromatic rings. The Morgan fingerprint density at radius 2 is 1.90 bits per heavy atom. The molecule has 1 aromatic carbocycles. The molecule has 0 aliphatic rings. The Morgan fingerprint density at radius 3 is 2.43 bits per heavy atom. The summed E-state index contributed by atoms with van der Waals surface area (Å²) in [6.07, 6.45) is 0. The number of hydrogen-bond acceptors (Lipinski definition) is 2. The lowest BCUT2D eigenvalue weighted by molar-refractivity contribution is 0.0997. The molecule has 0 fully saturated rings. The molecule has 5 heteroatoms. The van der Waals surface area contributed by atoms with Crippen molar-refractivity contribution in [3.63, 3.8) is 0 Å². The minimum atomic E-state index is -0.222.